The first-order chi connectivity index (χ1) is 19.7. The van der Waals surface area contributed by atoms with Crippen LogP contribution in [0.4, 0.5) is 0 Å². The highest BCUT2D eigenvalue weighted by atomic mass is 14.9. The van der Waals surface area contributed by atoms with Crippen LogP contribution in [0.25, 0.3) is 71.3 Å². The first-order valence-corrected chi connectivity index (χ1v) is 13.8. The standard InChI is InChI=1S/C39H27N/c1-4-13-28(37-24(3)36-25(5-2)14-10-18-29(36)26-15-6-7-17-30(26)37)32-20-12-22-34-33-21-11-19-31-27-16-8-9-23-35(27)40(38(31)33)39(32)34/h4-23H,1-2H2,3H3/b28-13-. The van der Waals surface area contributed by atoms with Crippen molar-refractivity contribution < 1.29 is 0 Å². The van der Waals surface area contributed by atoms with Gasteiger partial charge < -0.3 is 4.40 Å². The summed E-state index contributed by atoms with van der Waals surface area (Å²) in [5.74, 6) is 0. The van der Waals surface area contributed by atoms with Gasteiger partial charge in [0, 0.05) is 27.1 Å². The van der Waals surface area contributed by atoms with Crippen molar-refractivity contribution in [2.45, 2.75) is 6.92 Å². The van der Waals surface area contributed by atoms with Gasteiger partial charge >= 0.3 is 0 Å². The molecule has 40 heavy (non-hydrogen) atoms. The van der Waals surface area contributed by atoms with Crippen molar-refractivity contribution in [2.24, 2.45) is 0 Å². The first-order valence-electron chi connectivity index (χ1n) is 13.8. The third-order valence-corrected chi connectivity index (χ3v) is 8.64. The smallest absolute Gasteiger partial charge is 0.0620 e. The third-order valence-electron chi connectivity index (χ3n) is 8.64. The Labute approximate surface area is 232 Å². The Morgan fingerprint density at radius 1 is 0.600 bits per heavy atom. The van der Waals surface area contributed by atoms with Crippen molar-refractivity contribution in [3.63, 3.8) is 0 Å². The minimum Gasteiger partial charge on any atom is -0.307 e. The number of allylic oxidation sites excluding steroid dienone is 2. The van der Waals surface area contributed by atoms with Gasteiger partial charge in [-0.3, -0.25) is 0 Å². The quantitative estimate of drug-likeness (QED) is 0.164. The van der Waals surface area contributed by atoms with Crippen LogP contribution >= 0.6 is 0 Å². The maximum atomic E-state index is 4.17. The van der Waals surface area contributed by atoms with Gasteiger partial charge in [-0.15, -0.1) is 0 Å². The van der Waals surface area contributed by atoms with Crippen molar-refractivity contribution in [1.82, 2.24) is 4.40 Å². The Kier molecular flexibility index (Phi) is 4.81. The van der Waals surface area contributed by atoms with Gasteiger partial charge in [0.1, 0.15) is 0 Å². The van der Waals surface area contributed by atoms with Gasteiger partial charge in [0.2, 0.25) is 0 Å². The van der Waals surface area contributed by atoms with Gasteiger partial charge in [-0.05, 0) is 56.8 Å². The van der Waals surface area contributed by atoms with E-state index in [0.717, 1.165) is 5.56 Å². The molecule has 6 aromatic carbocycles. The molecule has 0 aliphatic heterocycles. The minimum atomic E-state index is 1.16. The second-order valence-electron chi connectivity index (χ2n) is 10.6. The fourth-order valence-corrected chi connectivity index (χ4v) is 7.11. The largest absolute Gasteiger partial charge is 0.307 e. The van der Waals surface area contributed by atoms with E-state index in [2.05, 4.69) is 134 Å². The first kappa shape index (κ1) is 22.8. The molecule has 188 valence electrons. The highest BCUT2D eigenvalue weighted by molar-refractivity contribution is 6.25. The molecular formula is C39H27N. The van der Waals surface area contributed by atoms with Gasteiger partial charge in [0.05, 0.1) is 16.6 Å². The van der Waals surface area contributed by atoms with Crippen LogP contribution in [0.3, 0.4) is 0 Å². The number of hydrogen-bond acceptors (Lipinski definition) is 0. The predicted molar refractivity (Wildman–Crippen MR) is 175 cm³/mol. The van der Waals surface area contributed by atoms with Crippen molar-refractivity contribution in [3.05, 3.63) is 151 Å². The van der Waals surface area contributed by atoms with E-state index in [1.807, 2.05) is 12.2 Å². The van der Waals surface area contributed by atoms with E-state index in [4.69, 9.17) is 0 Å². The Hall–Kier alpha value is -5.14. The van der Waals surface area contributed by atoms with E-state index < -0.39 is 0 Å². The van der Waals surface area contributed by atoms with E-state index in [9.17, 15) is 0 Å². The zero-order valence-corrected chi connectivity index (χ0v) is 22.4. The molecule has 0 N–H and O–H groups in total. The summed E-state index contributed by atoms with van der Waals surface area (Å²) < 4.78 is 2.48. The highest BCUT2D eigenvalue weighted by Crippen LogP contribution is 2.45. The summed E-state index contributed by atoms with van der Waals surface area (Å²) in [6.07, 6.45) is 6.10. The summed E-state index contributed by atoms with van der Waals surface area (Å²) >= 11 is 0. The summed E-state index contributed by atoms with van der Waals surface area (Å²) in [6, 6.07) is 37.5. The molecule has 0 bridgehead atoms. The fraction of sp³-hybridized carbons (Fsp3) is 0.0256. The van der Waals surface area contributed by atoms with Gasteiger partial charge in [-0.25, -0.2) is 0 Å². The second-order valence-corrected chi connectivity index (χ2v) is 10.6. The second kappa shape index (κ2) is 8.43. The lowest BCUT2D eigenvalue weighted by atomic mass is 9.84. The van der Waals surface area contributed by atoms with E-state index in [0.29, 0.717) is 0 Å². The molecule has 1 nitrogen and oxygen atoms in total. The van der Waals surface area contributed by atoms with Crippen LogP contribution in [-0.2, 0) is 0 Å². The number of hydrogen-bond donors (Lipinski definition) is 0. The summed E-state index contributed by atoms with van der Waals surface area (Å²) in [7, 11) is 0. The molecule has 0 spiro atoms. The molecule has 0 aliphatic carbocycles. The molecule has 2 heterocycles. The molecule has 8 aromatic rings. The molecule has 1 heteroatoms. The van der Waals surface area contributed by atoms with Gasteiger partial charge in [-0.1, -0.05) is 128 Å². The number of benzene rings is 6. The van der Waals surface area contributed by atoms with E-state index in [-0.39, 0.29) is 0 Å². The number of nitrogens with zero attached hydrogens (tertiary/aromatic N) is 1. The fourth-order valence-electron chi connectivity index (χ4n) is 7.11. The average Bonchev–Trinajstić information content (AvgIpc) is 3.53. The maximum absolute atomic E-state index is 4.17. The third kappa shape index (κ3) is 2.87. The van der Waals surface area contributed by atoms with E-state index in [1.54, 1.807) is 0 Å². The molecular weight excluding hydrogens is 482 g/mol. The summed E-state index contributed by atoms with van der Waals surface area (Å²) in [5, 5.41) is 10.2. The molecule has 8 rings (SSSR count). The summed E-state index contributed by atoms with van der Waals surface area (Å²) in [5.41, 5.74) is 9.82. The average molecular weight is 510 g/mol. The van der Waals surface area contributed by atoms with Gasteiger partial charge in [0.25, 0.3) is 0 Å². The topological polar surface area (TPSA) is 4.41 Å². The van der Waals surface area contributed by atoms with Crippen molar-refractivity contribution in [3.8, 4) is 0 Å². The van der Waals surface area contributed by atoms with Crippen molar-refractivity contribution >= 4 is 71.3 Å². The summed E-state index contributed by atoms with van der Waals surface area (Å²) in [6.45, 7) is 10.6. The number of fused-ring (bicyclic) bond motifs is 9. The highest BCUT2D eigenvalue weighted by Gasteiger charge is 2.23. The Bertz CT molecular complexity index is 2360. The Morgan fingerprint density at radius 2 is 1.20 bits per heavy atom. The lowest BCUT2D eigenvalue weighted by Gasteiger charge is -2.20. The number of aromatic nitrogens is 1. The van der Waals surface area contributed by atoms with E-state index in [1.165, 1.54) is 81.9 Å². The minimum absolute atomic E-state index is 1.16. The van der Waals surface area contributed by atoms with Crippen LogP contribution in [0.15, 0.2) is 128 Å². The molecule has 0 radical (unpaired) electrons. The molecule has 0 aliphatic rings. The molecule has 0 saturated heterocycles. The van der Waals surface area contributed by atoms with Crippen LogP contribution in [0.1, 0.15) is 22.3 Å². The molecule has 0 fully saturated rings. The molecule has 0 amide bonds. The van der Waals surface area contributed by atoms with Crippen LogP contribution in [-0.4, -0.2) is 4.40 Å². The predicted octanol–water partition coefficient (Wildman–Crippen LogP) is 10.7. The van der Waals surface area contributed by atoms with Crippen LogP contribution < -0.4 is 0 Å². The number of aryl methyl sites for hydroxylation is 1. The zero-order chi connectivity index (χ0) is 27.0. The Balaban J connectivity index is 1.59. The molecule has 0 atom stereocenters. The van der Waals surface area contributed by atoms with Gasteiger partial charge in [-0.2, -0.15) is 0 Å². The number of para-hydroxylation sites is 3. The maximum Gasteiger partial charge on any atom is 0.0620 e. The monoisotopic (exact) mass is 509 g/mol. The number of rotatable bonds is 4. The van der Waals surface area contributed by atoms with Crippen molar-refractivity contribution in [2.75, 3.05) is 0 Å². The molecule has 2 aromatic heterocycles. The lowest BCUT2D eigenvalue weighted by molar-refractivity contribution is 1.36. The molecule has 0 saturated carbocycles. The SMILES string of the molecule is C=C/C=C(\c1c(C)c2c(C=C)cccc2c2ccccc12)c1cccc2c3cccc4c5ccccc5n(c12)c43. The molecule has 0 unspecified atom stereocenters. The Morgan fingerprint density at radius 3 is 1.98 bits per heavy atom. The van der Waals surface area contributed by atoms with Crippen LogP contribution in [0.5, 0.6) is 0 Å². The normalized spacial score (nSPS) is 12.5. The summed E-state index contributed by atoms with van der Waals surface area (Å²) in [4.78, 5) is 0. The van der Waals surface area contributed by atoms with Crippen molar-refractivity contribution in [1.29, 1.82) is 0 Å². The van der Waals surface area contributed by atoms with Crippen LogP contribution in [0.2, 0.25) is 0 Å². The zero-order valence-electron chi connectivity index (χ0n) is 22.4. The van der Waals surface area contributed by atoms with E-state index >= 15 is 0 Å². The van der Waals surface area contributed by atoms with Gasteiger partial charge in [0.15, 0.2) is 0 Å². The lowest BCUT2D eigenvalue weighted by Crippen LogP contribution is -1.98. The van der Waals surface area contributed by atoms with Crippen LogP contribution in [0, 0.1) is 6.92 Å².